The molecule has 0 aliphatic carbocycles. The van der Waals surface area contributed by atoms with Gasteiger partial charge < -0.3 is 15.4 Å². The summed E-state index contributed by atoms with van der Waals surface area (Å²) in [6, 6.07) is 3.58. The van der Waals surface area contributed by atoms with Gasteiger partial charge in [0, 0.05) is 11.2 Å². The number of alkyl halides is 3. The number of likely N-dealkylation sites (N-methyl/N-ethyl adjacent to an activating group) is 1. The van der Waals surface area contributed by atoms with Crippen molar-refractivity contribution in [2.24, 2.45) is 0 Å². The van der Waals surface area contributed by atoms with Gasteiger partial charge >= 0.3 is 6.18 Å². The molecule has 0 aromatic heterocycles. The summed E-state index contributed by atoms with van der Waals surface area (Å²) in [6.45, 7) is 4.16. The van der Waals surface area contributed by atoms with Crippen molar-refractivity contribution in [3.8, 4) is 5.75 Å². The number of hydrogen-bond acceptors (Lipinski definition) is 3. The number of halogens is 3. The van der Waals surface area contributed by atoms with Gasteiger partial charge in [-0.3, -0.25) is 0 Å². The van der Waals surface area contributed by atoms with Crippen molar-refractivity contribution in [3.05, 3.63) is 23.8 Å². The van der Waals surface area contributed by atoms with Crippen molar-refractivity contribution < 1.29 is 17.9 Å². The summed E-state index contributed by atoms with van der Waals surface area (Å²) < 4.78 is 43.5. The number of nitrogens with two attached hydrogens (primary N) is 1. The van der Waals surface area contributed by atoms with Crippen LogP contribution in [0, 0.1) is 0 Å². The monoisotopic (exact) mass is 276 g/mol. The molecule has 0 heterocycles. The Morgan fingerprint density at radius 2 is 1.79 bits per heavy atom. The first-order chi connectivity index (χ1) is 8.54. The Bertz CT molecular complexity index is 442. The molecule has 0 saturated carbocycles. The minimum absolute atomic E-state index is 0.163. The van der Waals surface area contributed by atoms with Crippen molar-refractivity contribution in [2.75, 3.05) is 26.4 Å². The maximum Gasteiger partial charge on any atom is 0.418 e. The highest BCUT2D eigenvalue weighted by Crippen LogP contribution is 2.35. The molecule has 0 aliphatic heterocycles. The number of rotatable bonds is 4. The molecular formula is C13H19F3N2O. The van der Waals surface area contributed by atoms with Gasteiger partial charge in [-0.15, -0.1) is 0 Å². The van der Waals surface area contributed by atoms with Crippen molar-refractivity contribution in [2.45, 2.75) is 25.6 Å². The maximum absolute atomic E-state index is 12.7. The van der Waals surface area contributed by atoms with Gasteiger partial charge in [-0.2, -0.15) is 13.2 Å². The molecule has 6 heteroatoms. The van der Waals surface area contributed by atoms with Crippen LogP contribution in [0.15, 0.2) is 18.2 Å². The normalized spacial score (nSPS) is 12.8. The molecule has 2 N–H and O–H groups in total. The lowest BCUT2D eigenvalue weighted by Crippen LogP contribution is -2.43. The zero-order chi connectivity index (χ0) is 14.8. The van der Waals surface area contributed by atoms with E-state index in [1.165, 1.54) is 12.1 Å². The SMILES string of the molecule is CN(C)C(C)(C)COc1ccc(N)c(C(F)(F)F)c1. The Balaban J connectivity index is 2.87. The Kier molecular flexibility index (Phi) is 4.35. The lowest BCUT2D eigenvalue weighted by atomic mass is 10.1. The third-order valence-electron chi connectivity index (χ3n) is 3.13. The summed E-state index contributed by atoms with van der Waals surface area (Å²) in [5, 5.41) is 0. The number of nitrogens with zero attached hydrogens (tertiary/aromatic N) is 1. The number of benzene rings is 1. The molecule has 0 saturated heterocycles. The van der Waals surface area contributed by atoms with E-state index < -0.39 is 11.7 Å². The second kappa shape index (κ2) is 5.28. The van der Waals surface area contributed by atoms with Crippen LogP contribution in [0.1, 0.15) is 19.4 Å². The zero-order valence-electron chi connectivity index (χ0n) is 11.5. The van der Waals surface area contributed by atoms with Gasteiger partial charge in [0.15, 0.2) is 0 Å². The average molecular weight is 276 g/mol. The van der Waals surface area contributed by atoms with E-state index in [4.69, 9.17) is 10.5 Å². The summed E-state index contributed by atoms with van der Waals surface area (Å²) in [5.74, 6) is 0.163. The fourth-order valence-corrected chi connectivity index (χ4v) is 1.26. The molecule has 0 bridgehead atoms. The topological polar surface area (TPSA) is 38.5 Å². The van der Waals surface area contributed by atoms with E-state index in [-0.39, 0.29) is 23.6 Å². The summed E-state index contributed by atoms with van der Waals surface area (Å²) in [7, 11) is 3.76. The summed E-state index contributed by atoms with van der Waals surface area (Å²) in [5.41, 5.74) is 3.88. The highest BCUT2D eigenvalue weighted by Gasteiger charge is 2.33. The van der Waals surface area contributed by atoms with Crippen LogP contribution in [-0.2, 0) is 6.18 Å². The fraction of sp³-hybridized carbons (Fsp3) is 0.538. The number of anilines is 1. The molecule has 0 radical (unpaired) electrons. The highest BCUT2D eigenvalue weighted by molar-refractivity contribution is 5.51. The minimum atomic E-state index is -4.47. The lowest BCUT2D eigenvalue weighted by Gasteiger charge is -2.32. The highest BCUT2D eigenvalue weighted by atomic mass is 19.4. The molecule has 1 rings (SSSR count). The van der Waals surface area contributed by atoms with Crippen LogP contribution in [0.5, 0.6) is 5.75 Å². The predicted molar refractivity (Wildman–Crippen MR) is 69.1 cm³/mol. The van der Waals surface area contributed by atoms with Crippen LogP contribution in [0.4, 0.5) is 18.9 Å². The molecule has 0 amide bonds. The van der Waals surface area contributed by atoms with Crippen LogP contribution < -0.4 is 10.5 Å². The first-order valence-electron chi connectivity index (χ1n) is 5.81. The predicted octanol–water partition coefficient (Wildman–Crippen LogP) is 3.01. The largest absolute Gasteiger partial charge is 0.492 e. The molecule has 0 fully saturated rings. The van der Waals surface area contributed by atoms with E-state index in [1.54, 1.807) is 0 Å². The molecule has 0 unspecified atom stereocenters. The van der Waals surface area contributed by atoms with Crippen LogP contribution >= 0.6 is 0 Å². The Labute approximate surface area is 111 Å². The standard InChI is InChI=1S/C13H19F3N2O/c1-12(2,18(3)4)8-19-9-5-6-11(17)10(7-9)13(14,15)16/h5-7H,8,17H2,1-4H3. The molecule has 3 nitrogen and oxygen atoms in total. The Morgan fingerprint density at radius 1 is 1.21 bits per heavy atom. The summed E-state index contributed by atoms with van der Waals surface area (Å²) in [4.78, 5) is 1.94. The maximum atomic E-state index is 12.7. The second-order valence-corrected chi connectivity index (χ2v) is 5.24. The van der Waals surface area contributed by atoms with E-state index in [2.05, 4.69) is 0 Å². The molecule has 0 atom stereocenters. The molecule has 108 valence electrons. The van der Waals surface area contributed by atoms with Gasteiger partial charge in [0.25, 0.3) is 0 Å². The smallest absolute Gasteiger partial charge is 0.418 e. The third-order valence-corrected chi connectivity index (χ3v) is 3.13. The Hall–Kier alpha value is -1.43. The van der Waals surface area contributed by atoms with Gasteiger partial charge in [0.1, 0.15) is 12.4 Å². The van der Waals surface area contributed by atoms with Crippen molar-refractivity contribution in [1.29, 1.82) is 0 Å². The van der Waals surface area contributed by atoms with Crippen molar-refractivity contribution >= 4 is 5.69 Å². The third kappa shape index (κ3) is 4.02. The lowest BCUT2D eigenvalue weighted by molar-refractivity contribution is -0.137. The molecule has 1 aromatic carbocycles. The zero-order valence-corrected chi connectivity index (χ0v) is 11.5. The quantitative estimate of drug-likeness (QED) is 0.859. The van der Waals surface area contributed by atoms with Crippen molar-refractivity contribution in [1.82, 2.24) is 4.90 Å². The van der Waals surface area contributed by atoms with Crippen LogP contribution in [0.2, 0.25) is 0 Å². The van der Waals surface area contributed by atoms with Gasteiger partial charge in [-0.1, -0.05) is 0 Å². The van der Waals surface area contributed by atoms with Gasteiger partial charge in [-0.25, -0.2) is 0 Å². The first kappa shape index (κ1) is 15.6. The van der Waals surface area contributed by atoms with Gasteiger partial charge in [-0.05, 0) is 46.1 Å². The molecule has 19 heavy (non-hydrogen) atoms. The van der Waals surface area contributed by atoms with E-state index in [0.717, 1.165) is 6.07 Å². The first-order valence-corrected chi connectivity index (χ1v) is 5.81. The van der Waals surface area contributed by atoms with Gasteiger partial charge in [0.05, 0.1) is 5.56 Å². The molecular weight excluding hydrogens is 257 g/mol. The van der Waals surface area contributed by atoms with Crippen LogP contribution in [0.3, 0.4) is 0 Å². The fourth-order valence-electron chi connectivity index (χ4n) is 1.26. The number of hydrogen-bond donors (Lipinski definition) is 1. The van der Waals surface area contributed by atoms with E-state index in [9.17, 15) is 13.2 Å². The van der Waals surface area contributed by atoms with Gasteiger partial charge in [0.2, 0.25) is 0 Å². The molecule has 0 aliphatic rings. The average Bonchev–Trinajstić information content (AvgIpc) is 2.26. The van der Waals surface area contributed by atoms with E-state index in [0.29, 0.717) is 0 Å². The molecule has 0 spiro atoms. The Morgan fingerprint density at radius 3 is 2.26 bits per heavy atom. The van der Waals surface area contributed by atoms with Crippen LogP contribution in [-0.4, -0.2) is 31.1 Å². The van der Waals surface area contributed by atoms with E-state index >= 15 is 0 Å². The minimum Gasteiger partial charge on any atom is -0.492 e. The second-order valence-electron chi connectivity index (χ2n) is 5.24. The van der Waals surface area contributed by atoms with E-state index in [1.807, 2.05) is 32.8 Å². The summed E-state index contributed by atoms with van der Waals surface area (Å²) in [6.07, 6.45) is -4.47. The summed E-state index contributed by atoms with van der Waals surface area (Å²) >= 11 is 0. The number of nitrogen functional groups attached to an aromatic ring is 1. The number of ether oxygens (including phenoxy) is 1. The van der Waals surface area contributed by atoms with Crippen LogP contribution in [0.25, 0.3) is 0 Å². The van der Waals surface area contributed by atoms with Crippen molar-refractivity contribution in [3.63, 3.8) is 0 Å². The molecule has 1 aromatic rings.